The standard InChI is InChI=1S/C8H15NO/c1-3-8(10)9-5-4-7(2)6-9/h7H,3-6H2,1-2H3/t7-/m0/s1. The second-order valence-corrected chi connectivity index (χ2v) is 3.09. The Hall–Kier alpha value is -0.530. The second-order valence-electron chi connectivity index (χ2n) is 3.09. The summed E-state index contributed by atoms with van der Waals surface area (Å²) in [5.41, 5.74) is 0. The molecular formula is C8H15NO. The van der Waals surface area contributed by atoms with Crippen LogP contribution in [0.2, 0.25) is 0 Å². The minimum Gasteiger partial charge on any atom is -0.342 e. The van der Waals surface area contributed by atoms with Gasteiger partial charge in [0.05, 0.1) is 0 Å². The summed E-state index contributed by atoms with van der Waals surface area (Å²) in [4.78, 5) is 13.0. The first-order valence-electron chi connectivity index (χ1n) is 4.01. The zero-order valence-corrected chi connectivity index (χ0v) is 6.76. The lowest BCUT2D eigenvalue weighted by atomic mass is 10.2. The number of likely N-dealkylation sites (tertiary alicyclic amines) is 1. The maximum Gasteiger partial charge on any atom is 0.222 e. The first-order chi connectivity index (χ1) is 4.74. The molecule has 2 heteroatoms. The zero-order valence-electron chi connectivity index (χ0n) is 6.76. The van der Waals surface area contributed by atoms with Crippen LogP contribution < -0.4 is 0 Å². The average molecular weight is 141 g/mol. The Morgan fingerprint density at radius 1 is 1.70 bits per heavy atom. The summed E-state index contributed by atoms with van der Waals surface area (Å²) >= 11 is 0. The summed E-state index contributed by atoms with van der Waals surface area (Å²) in [7, 11) is 0. The van der Waals surface area contributed by atoms with Gasteiger partial charge in [0.15, 0.2) is 0 Å². The van der Waals surface area contributed by atoms with Crippen LogP contribution in [-0.2, 0) is 4.79 Å². The smallest absolute Gasteiger partial charge is 0.222 e. The fraction of sp³-hybridized carbons (Fsp3) is 0.875. The van der Waals surface area contributed by atoms with Gasteiger partial charge in [-0.2, -0.15) is 0 Å². The van der Waals surface area contributed by atoms with Gasteiger partial charge in [0, 0.05) is 19.5 Å². The summed E-state index contributed by atoms with van der Waals surface area (Å²) in [6.45, 7) is 6.08. The van der Waals surface area contributed by atoms with E-state index in [1.165, 1.54) is 6.42 Å². The molecular weight excluding hydrogens is 126 g/mol. The molecule has 0 saturated carbocycles. The molecule has 0 aromatic heterocycles. The van der Waals surface area contributed by atoms with E-state index in [2.05, 4.69) is 6.92 Å². The molecule has 1 rings (SSSR count). The number of rotatable bonds is 1. The highest BCUT2D eigenvalue weighted by Crippen LogP contribution is 2.15. The van der Waals surface area contributed by atoms with Crippen LogP contribution in [-0.4, -0.2) is 23.9 Å². The van der Waals surface area contributed by atoms with Crippen molar-refractivity contribution in [1.82, 2.24) is 4.90 Å². The highest BCUT2D eigenvalue weighted by molar-refractivity contribution is 5.76. The quantitative estimate of drug-likeness (QED) is 0.538. The Bertz CT molecular complexity index is 133. The highest BCUT2D eigenvalue weighted by atomic mass is 16.2. The third-order valence-corrected chi connectivity index (χ3v) is 2.08. The number of carbonyl (C=O) groups excluding carboxylic acids is 1. The van der Waals surface area contributed by atoms with E-state index in [0.717, 1.165) is 19.0 Å². The van der Waals surface area contributed by atoms with Gasteiger partial charge in [0.25, 0.3) is 0 Å². The van der Waals surface area contributed by atoms with Gasteiger partial charge in [0.1, 0.15) is 0 Å². The molecule has 0 bridgehead atoms. The van der Waals surface area contributed by atoms with Crippen molar-refractivity contribution in [3.8, 4) is 0 Å². The molecule has 0 aromatic rings. The number of hydrogen-bond acceptors (Lipinski definition) is 1. The van der Waals surface area contributed by atoms with E-state index in [4.69, 9.17) is 0 Å². The first kappa shape index (κ1) is 7.58. The minimum absolute atomic E-state index is 0.310. The van der Waals surface area contributed by atoms with E-state index in [1.54, 1.807) is 0 Å². The maximum absolute atomic E-state index is 11.1. The molecule has 0 radical (unpaired) electrons. The minimum atomic E-state index is 0.310. The van der Waals surface area contributed by atoms with Crippen molar-refractivity contribution < 1.29 is 4.79 Å². The molecule has 1 saturated heterocycles. The molecule has 0 aliphatic carbocycles. The fourth-order valence-electron chi connectivity index (χ4n) is 1.39. The van der Waals surface area contributed by atoms with Gasteiger partial charge in [-0.1, -0.05) is 13.8 Å². The van der Waals surface area contributed by atoms with E-state index in [1.807, 2.05) is 11.8 Å². The van der Waals surface area contributed by atoms with Crippen molar-refractivity contribution in [1.29, 1.82) is 0 Å². The first-order valence-corrected chi connectivity index (χ1v) is 4.01. The van der Waals surface area contributed by atoms with Crippen molar-refractivity contribution in [3.05, 3.63) is 0 Å². The van der Waals surface area contributed by atoms with Crippen LogP contribution in [0.25, 0.3) is 0 Å². The van der Waals surface area contributed by atoms with Gasteiger partial charge in [-0.05, 0) is 12.3 Å². The molecule has 1 amide bonds. The van der Waals surface area contributed by atoms with Gasteiger partial charge in [-0.15, -0.1) is 0 Å². The van der Waals surface area contributed by atoms with Crippen molar-refractivity contribution in [2.45, 2.75) is 26.7 Å². The van der Waals surface area contributed by atoms with E-state index in [-0.39, 0.29) is 0 Å². The van der Waals surface area contributed by atoms with Crippen LogP contribution in [0.15, 0.2) is 0 Å². The van der Waals surface area contributed by atoms with Gasteiger partial charge in [-0.3, -0.25) is 4.79 Å². The molecule has 1 heterocycles. The Morgan fingerprint density at radius 2 is 2.40 bits per heavy atom. The average Bonchev–Trinajstić information content (AvgIpc) is 2.34. The maximum atomic E-state index is 11.1. The number of carbonyl (C=O) groups is 1. The lowest BCUT2D eigenvalue weighted by molar-refractivity contribution is -0.129. The SMILES string of the molecule is CCC(=O)N1CC[C@H](C)C1. The van der Waals surface area contributed by atoms with Crippen LogP contribution in [0.1, 0.15) is 26.7 Å². The Morgan fingerprint density at radius 3 is 2.80 bits per heavy atom. The molecule has 2 nitrogen and oxygen atoms in total. The van der Waals surface area contributed by atoms with E-state index < -0.39 is 0 Å². The Balaban J connectivity index is 2.37. The zero-order chi connectivity index (χ0) is 7.56. The summed E-state index contributed by atoms with van der Waals surface area (Å²) in [5.74, 6) is 1.03. The van der Waals surface area contributed by atoms with Crippen LogP contribution in [0.3, 0.4) is 0 Å². The Kier molecular flexibility index (Phi) is 2.30. The topological polar surface area (TPSA) is 20.3 Å². The predicted molar refractivity (Wildman–Crippen MR) is 40.7 cm³/mol. The van der Waals surface area contributed by atoms with Crippen LogP contribution in [0.5, 0.6) is 0 Å². The normalized spacial score (nSPS) is 25.4. The van der Waals surface area contributed by atoms with Crippen LogP contribution >= 0.6 is 0 Å². The van der Waals surface area contributed by atoms with Gasteiger partial charge in [0.2, 0.25) is 5.91 Å². The number of amides is 1. The van der Waals surface area contributed by atoms with E-state index >= 15 is 0 Å². The van der Waals surface area contributed by atoms with Crippen molar-refractivity contribution >= 4 is 5.91 Å². The second kappa shape index (κ2) is 3.04. The highest BCUT2D eigenvalue weighted by Gasteiger charge is 2.21. The number of hydrogen-bond donors (Lipinski definition) is 0. The summed E-state index contributed by atoms with van der Waals surface area (Å²) in [5, 5.41) is 0. The molecule has 0 N–H and O–H groups in total. The molecule has 0 unspecified atom stereocenters. The third kappa shape index (κ3) is 1.49. The van der Waals surface area contributed by atoms with Crippen LogP contribution in [0.4, 0.5) is 0 Å². The number of nitrogens with zero attached hydrogens (tertiary/aromatic N) is 1. The Labute approximate surface area is 62.2 Å². The monoisotopic (exact) mass is 141 g/mol. The van der Waals surface area contributed by atoms with E-state index in [0.29, 0.717) is 12.3 Å². The fourth-order valence-corrected chi connectivity index (χ4v) is 1.39. The van der Waals surface area contributed by atoms with Crippen molar-refractivity contribution in [2.75, 3.05) is 13.1 Å². The predicted octanol–water partition coefficient (Wildman–Crippen LogP) is 1.26. The molecule has 0 aromatic carbocycles. The summed E-state index contributed by atoms with van der Waals surface area (Å²) < 4.78 is 0. The largest absolute Gasteiger partial charge is 0.342 e. The van der Waals surface area contributed by atoms with Gasteiger partial charge in [-0.25, -0.2) is 0 Å². The lowest BCUT2D eigenvalue weighted by Gasteiger charge is -2.13. The molecule has 10 heavy (non-hydrogen) atoms. The summed E-state index contributed by atoms with van der Waals surface area (Å²) in [6, 6.07) is 0. The van der Waals surface area contributed by atoms with Gasteiger partial charge < -0.3 is 4.90 Å². The molecule has 58 valence electrons. The summed E-state index contributed by atoms with van der Waals surface area (Å²) in [6.07, 6.45) is 1.85. The van der Waals surface area contributed by atoms with Gasteiger partial charge >= 0.3 is 0 Å². The van der Waals surface area contributed by atoms with Crippen molar-refractivity contribution in [2.24, 2.45) is 5.92 Å². The van der Waals surface area contributed by atoms with Crippen molar-refractivity contribution in [3.63, 3.8) is 0 Å². The molecule has 1 fully saturated rings. The lowest BCUT2D eigenvalue weighted by Crippen LogP contribution is -2.27. The molecule has 1 aliphatic heterocycles. The molecule has 1 aliphatic rings. The van der Waals surface area contributed by atoms with Crippen LogP contribution in [0, 0.1) is 5.92 Å². The third-order valence-electron chi connectivity index (χ3n) is 2.08. The molecule has 1 atom stereocenters. The molecule has 0 spiro atoms. The van der Waals surface area contributed by atoms with E-state index in [9.17, 15) is 4.79 Å².